The molecule has 164 valence electrons. The summed E-state index contributed by atoms with van der Waals surface area (Å²) in [7, 11) is 0. The summed E-state index contributed by atoms with van der Waals surface area (Å²) < 4.78 is 8.20. The van der Waals surface area contributed by atoms with Crippen LogP contribution in [-0.4, -0.2) is 18.4 Å². The largest absolute Gasteiger partial charge is 0.494 e. The van der Waals surface area contributed by atoms with E-state index in [-0.39, 0.29) is 18.4 Å². The smallest absolute Gasteiger partial charge is 0.294 e. The van der Waals surface area contributed by atoms with Crippen LogP contribution in [0.1, 0.15) is 25.1 Å². The molecule has 32 heavy (non-hydrogen) atoms. The average molecular weight is 495 g/mol. The number of rotatable bonds is 5. The van der Waals surface area contributed by atoms with E-state index in [2.05, 4.69) is 21.2 Å². The van der Waals surface area contributed by atoms with Gasteiger partial charge in [0, 0.05) is 28.0 Å². The van der Waals surface area contributed by atoms with Crippen LogP contribution in [0.2, 0.25) is 0 Å². The predicted molar refractivity (Wildman–Crippen MR) is 127 cm³/mol. The Morgan fingerprint density at radius 1 is 1.19 bits per heavy atom. The third-order valence-corrected chi connectivity index (χ3v) is 6.57. The molecule has 2 aromatic carbocycles. The summed E-state index contributed by atoms with van der Waals surface area (Å²) in [5, 5.41) is 3.00. The minimum Gasteiger partial charge on any atom is -0.494 e. The molecule has 0 saturated carbocycles. The van der Waals surface area contributed by atoms with E-state index in [1.807, 2.05) is 73.1 Å². The molecule has 1 atom stereocenters. The average Bonchev–Trinajstić information content (AvgIpc) is 2.77. The summed E-state index contributed by atoms with van der Waals surface area (Å²) >= 11 is 3.56. The van der Waals surface area contributed by atoms with Gasteiger partial charge in [-0.15, -0.1) is 0 Å². The first kappa shape index (κ1) is 22.0. The number of halogens is 1. The van der Waals surface area contributed by atoms with Crippen molar-refractivity contribution in [1.29, 1.82) is 0 Å². The van der Waals surface area contributed by atoms with Crippen molar-refractivity contribution in [1.82, 2.24) is 0 Å². The lowest BCUT2D eigenvalue weighted by Gasteiger charge is -2.40. The molecule has 2 amide bonds. The van der Waals surface area contributed by atoms with Crippen molar-refractivity contribution in [3.05, 3.63) is 82.6 Å². The van der Waals surface area contributed by atoms with Crippen LogP contribution < -0.4 is 19.5 Å². The summed E-state index contributed by atoms with van der Waals surface area (Å²) in [6, 6.07) is 18.5. The molecule has 0 saturated heterocycles. The maximum Gasteiger partial charge on any atom is 0.294 e. The van der Waals surface area contributed by atoms with E-state index in [1.54, 1.807) is 24.0 Å². The van der Waals surface area contributed by atoms with Crippen molar-refractivity contribution in [2.24, 2.45) is 0 Å². The molecule has 2 heterocycles. The molecule has 1 aromatic heterocycles. The fourth-order valence-corrected chi connectivity index (χ4v) is 4.40. The number of nitrogens with one attached hydrogen (secondary N) is 1. The highest BCUT2D eigenvalue weighted by molar-refractivity contribution is 9.10. The van der Waals surface area contributed by atoms with Gasteiger partial charge in [-0.1, -0.05) is 28.1 Å². The van der Waals surface area contributed by atoms with Crippen LogP contribution in [0.3, 0.4) is 0 Å². The Balaban J connectivity index is 1.78. The van der Waals surface area contributed by atoms with E-state index in [0.29, 0.717) is 18.0 Å². The van der Waals surface area contributed by atoms with Gasteiger partial charge in [0.15, 0.2) is 6.20 Å². The van der Waals surface area contributed by atoms with Crippen LogP contribution >= 0.6 is 15.9 Å². The van der Waals surface area contributed by atoms with Crippen molar-refractivity contribution >= 4 is 39.1 Å². The van der Waals surface area contributed by atoms with Crippen LogP contribution in [0.25, 0.3) is 0 Å². The Kier molecular flexibility index (Phi) is 6.02. The number of hydrogen-bond donors (Lipinski definition) is 1. The third kappa shape index (κ3) is 3.88. The Labute approximate surface area is 196 Å². The van der Waals surface area contributed by atoms with Gasteiger partial charge in [-0.3, -0.25) is 14.5 Å². The molecule has 6 nitrogen and oxygen atoms in total. The zero-order valence-electron chi connectivity index (χ0n) is 18.3. The summed E-state index contributed by atoms with van der Waals surface area (Å²) in [6.07, 6.45) is 1.83. The predicted octanol–water partition coefficient (Wildman–Crippen LogP) is 4.34. The fraction of sp³-hybridized carbons (Fsp3) is 0.240. The molecule has 0 fully saturated rings. The van der Waals surface area contributed by atoms with Crippen molar-refractivity contribution in [2.75, 3.05) is 16.8 Å². The van der Waals surface area contributed by atoms with E-state index in [4.69, 9.17) is 4.74 Å². The van der Waals surface area contributed by atoms with Crippen molar-refractivity contribution in [3.63, 3.8) is 0 Å². The van der Waals surface area contributed by atoms with Crippen LogP contribution in [0.15, 0.2) is 71.3 Å². The van der Waals surface area contributed by atoms with E-state index in [1.165, 1.54) is 0 Å². The molecule has 0 aliphatic carbocycles. The molecular formula is C25H25BrN3O3+. The minimum atomic E-state index is -1.26. The molecule has 1 aliphatic rings. The van der Waals surface area contributed by atoms with Gasteiger partial charge in [0.05, 0.1) is 6.61 Å². The zero-order chi connectivity index (χ0) is 22.9. The van der Waals surface area contributed by atoms with Crippen molar-refractivity contribution < 1.29 is 18.9 Å². The number of anilines is 2. The van der Waals surface area contributed by atoms with Crippen molar-refractivity contribution in [2.45, 2.75) is 32.9 Å². The molecule has 1 N–H and O–H groups in total. The lowest BCUT2D eigenvalue weighted by molar-refractivity contribution is -0.697. The van der Waals surface area contributed by atoms with E-state index >= 15 is 0 Å². The number of carbonyl (C=O) groups is 2. The standard InChI is InChI=1S/C25H24BrN3O3/c1-4-32-20-12-9-18(10-13-20)27-24(31)25(3)22-7-5-6-14-28(22)16-23(30)29(25)19-11-8-17(2)21(26)15-19/h5-15H,4,16H2,1-3H3/p+1/t25-/m1/s1. The van der Waals surface area contributed by atoms with Gasteiger partial charge in [-0.05, 0) is 62.7 Å². The number of amides is 2. The zero-order valence-corrected chi connectivity index (χ0v) is 19.8. The molecule has 0 spiro atoms. The van der Waals surface area contributed by atoms with Crippen LogP contribution in [0.4, 0.5) is 11.4 Å². The second-order valence-corrected chi connectivity index (χ2v) is 8.71. The monoisotopic (exact) mass is 494 g/mol. The minimum absolute atomic E-state index is 0.159. The Bertz CT molecular complexity index is 1180. The summed E-state index contributed by atoms with van der Waals surface area (Å²) in [6.45, 7) is 6.42. The second-order valence-electron chi connectivity index (χ2n) is 7.86. The third-order valence-electron chi connectivity index (χ3n) is 5.72. The molecule has 4 rings (SSSR count). The first-order valence-corrected chi connectivity index (χ1v) is 11.3. The maximum atomic E-state index is 13.8. The van der Waals surface area contributed by atoms with Gasteiger partial charge in [0.25, 0.3) is 11.8 Å². The topological polar surface area (TPSA) is 62.5 Å². The van der Waals surface area contributed by atoms with Gasteiger partial charge in [-0.25, -0.2) is 0 Å². The summed E-state index contributed by atoms with van der Waals surface area (Å²) in [4.78, 5) is 28.7. The number of aromatic nitrogens is 1. The lowest BCUT2D eigenvalue weighted by atomic mass is 9.89. The molecule has 3 aromatic rings. The number of fused-ring (bicyclic) bond motifs is 1. The second kappa shape index (κ2) is 8.74. The quantitative estimate of drug-likeness (QED) is 0.536. The van der Waals surface area contributed by atoms with Gasteiger partial charge in [0.2, 0.25) is 17.8 Å². The van der Waals surface area contributed by atoms with E-state index < -0.39 is 5.54 Å². The SMILES string of the molecule is CCOc1ccc(NC(=O)[C@@]2(C)c3cccc[n+]3CC(=O)N2c2ccc(C)c(Br)c2)cc1. The highest BCUT2D eigenvalue weighted by Gasteiger charge is 2.54. The number of aryl methyl sites for hydroxylation is 1. The van der Waals surface area contributed by atoms with Crippen LogP contribution in [0.5, 0.6) is 5.75 Å². The highest BCUT2D eigenvalue weighted by atomic mass is 79.9. The Morgan fingerprint density at radius 2 is 1.94 bits per heavy atom. The normalized spacial score (nSPS) is 17.6. The molecule has 1 aliphatic heterocycles. The van der Waals surface area contributed by atoms with Gasteiger partial charge in [-0.2, -0.15) is 4.57 Å². The Morgan fingerprint density at radius 3 is 2.62 bits per heavy atom. The Hall–Kier alpha value is -3.19. The van der Waals surface area contributed by atoms with E-state index in [0.717, 1.165) is 21.5 Å². The maximum absolute atomic E-state index is 13.8. The van der Waals surface area contributed by atoms with Gasteiger partial charge >= 0.3 is 0 Å². The molecule has 0 unspecified atom stereocenters. The summed E-state index contributed by atoms with van der Waals surface area (Å²) in [5.41, 5.74) is 1.81. The van der Waals surface area contributed by atoms with E-state index in [9.17, 15) is 9.59 Å². The number of carbonyl (C=O) groups excluding carboxylic acids is 2. The number of pyridine rings is 1. The molecule has 0 radical (unpaired) electrons. The molecule has 7 heteroatoms. The fourth-order valence-electron chi connectivity index (χ4n) is 4.03. The highest BCUT2D eigenvalue weighted by Crippen LogP contribution is 2.37. The molecule has 0 bridgehead atoms. The first-order valence-electron chi connectivity index (χ1n) is 10.5. The number of benzene rings is 2. The van der Waals surface area contributed by atoms with Crippen molar-refractivity contribution in [3.8, 4) is 5.75 Å². The molecular weight excluding hydrogens is 470 g/mol. The van der Waals surface area contributed by atoms with Gasteiger partial charge in [0.1, 0.15) is 5.75 Å². The number of nitrogens with zero attached hydrogens (tertiary/aromatic N) is 2. The number of hydrogen-bond acceptors (Lipinski definition) is 3. The number of ether oxygens (including phenoxy) is 1. The van der Waals surface area contributed by atoms with Crippen LogP contribution in [-0.2, 0) is 21.7 Å². The first-order chi connectivity index (χ1) is 15.3. The summed E-state index contributed by atoms with van der Waals surface area (Å²) in [5.74, 6) is 0.275. The van der Waals surface area contributed by atoms with Crippen LogP contribution in [0, 0.1) is 6.92 Å². The lowest BCUT2D eigenvalue weighted by Crippen LogP contribution is -2.67. The van der Waals surface area contributed by atoms with Gasteiger partial charge < -0.3 is 10.1 Å².